The summed E-state index contributed by atoms with van der Waals surface area (Å²) in [5.74, 6) is -0.110. The van der Waals surface area contributed by atoms with Gasteiger partial charge in [0.05, 0.1) is 10.6 Å². The molecule has 3 rings (SSSR count). The van der Waals surface area contributed by atoms with Crippen molar-refractivity contribution < 1.29 is 22.7 Å². The van der Waals surface area contributed by atoms with Gasteiger partial charge >= 0.3 is 6.18 Å². The molecule has 0 bridgehead atoms. The number of alkyl halides is 4. The molecule has 2 aromatic carbocycles. The molecule has 1 aromatic heterocycles. The van der Waals surface area contributed by atoms with Crippen LogP contribution in [0.4, 0.5) is 13.2 Å². The zero-order valence-electron chi connectivity index (χ0n) is 14.4. The van der Waals surface area contributed by atoms with E-state index in [-0.39, 0.29) is 24.9 Å². The van der Waals surface area contributed by atoms with E-state index >= 15 is 0 Å². The van der Waals surface area contributed by atoms with Crippen LogP contribution < -0.4 is 10.1 Å². The number of benzene rings is 2. The molecular weight excluding hydrogens is 416 g/mol. The lowest BCUT2D eigenvalue weighted by Crippen LogP contribution is -2.23. The van der Waals surface area contributed by atoms with Gasteiger partial charge in [-0.1, -0.05) is 23.7 Å². The Morgan fingerprint density at radius 1 is 1.21 bits per heavy atom. The van der Waals surface area contributed by atoms with E-state index in [1.165, 1.54) is 6.07 Å². The topological polar surface area (TPSA) is 54.1 Å². The Bertz CT molecular complexity index is 1000. The second kappa shape index (κ2) is 8.32. The maximum Gasteiger partial charge on any atom is 0.416 e. The summed E-state index contributed by atoms with van der Waals surface area (Å²) in [6.07, 6.45) is -2.69. The van der Waals surface area contributed by atoms with Crippen molar-refractivity contribution >= 4 is 40.0 Å². The van der Waals surface area contributed by atoms with Crippen LogP contribution in [0.15, 0.2) is 42.6 Å². The molecule has 0 aliphatic heterocycles. The number of hydrogen-bond acceptors (Lipinski definition) is 2. The van der Waals surface area contributed by atoms with Gasteiger partial charge in [0.1, 0.15) is 18.2 Å². The van der Waals surface area contributed by atoms with Crippen LogP contribution in [-0.4, -0.2) is 16.8 Å². The van der Waals surface area contributed by atoms with Gasteiger partial charge in [-0.3, -0.25) is 4.79 Å². The Kier molecular flexibility index (Phi) is 6.05. The zero-order valence-corrected chi connectivity index (χ0v) is 15.9. The fraction of sp³-hybridized carbons (Fsp3) is 0.211. The molecule has 0 unspecified atom stereocenters. The molecule has 0 spiro atoms. The molecule has 2 N–H and O–H groups in total. The fourth-order valence-electron chi connectivity index (χ4n) is 2.68. The maximum atomic E-state index is 12.8. The van der Waals surface area contributed by atoms with Crippen molar-refractivity contribution in [2.75, 3.05) is 5.88 Å². The van der Waals surface area contributed by atoms with Gasteiger partial charge in [-0.05, 0) is 35.4 Å². The van der Waals surface area contributed by atoms with Gasteiger partial charge in [-0.2, -0.15) is 13.2 Å². The van der Waals surface area contributed by atoms with Crippen LogP contribution in [0.5, 0.6) is 5.75 Å². The summed E-state index contributed by atoms with van der Waals surface area (Å²) < 4.78 is 44.1. The number of ether oxygens (including phenoxy) is 1. The summed E-state index contributed by atoms with van der Waals surface area (Å²) in [6.45, 7) is 0.193. The molecule has 0 fully saturated rings. The highest BCUT2D eigenvalue weighted by Gasteiger charge is 2.30. The number of H-pyrrole nitrogens is 1. The second-order valence-electron chi connectivity index (χ2n) is 6.04. The first-order chi connectivity index (χ1) is 13.3. The van der Waals surface area contributed by atoms with E-state index in [2.05, 4.69) is 10.3 Å². The minimum atomic E-state index is -4.42. The standard InChI is InChI=1S/C19H15Cl2F3N2O2/c20-7-18(27)26-9-12-8-25-16-6-15(21)17(5-14(12)16)28-10-11-2-1-3-13(4-11)19(22,23)24/h1-6,8,25H,7,9-10H2,(H,26,27). The molecule has 1 amide bonds. The van der Waals surface area contributed by atoms with E-state index < -0.39 is 11.7 Å². The molecule has 3 aromatic rings. The van der Waals surface area contributed by atoms with Gasteiger partial charge in [0.25, 0.3) is 0 Å². The number of nitrogens with one attached hydrogen (secondary N) is 2. The Labute approximate surface area is 168 Å². The van der Waals surface area contributed by atoms with Crippen LogP contribution in [0.1, 0.15) is 16.7 Å². The van der Waals surface area contributed by atoms with E-state index in [0.29, 0.717) is 16.3 Å². The minimum absolute atomic E-state index is 0.0715. The van der Waals surface area contributed by atoms with Crippen molar-refractivity contribution in [2.24, 2.45) is 0 Å². The fourth-order valence-corrected chi connectivity index (χ4v) is 2.99. The van der Waals surface area contributed by atoms with E-state index in [1.54, 1.807) is 24.4 Å². The number of aromatic amines is 1. The van der Waals surface area contributed by atoms with E-state index in [4.69, 9.17) is 27.9 Å². The molecule has 1 heterocycles. The highest BCUT2D eigenvalue weighted by molar-refractivity contribution is 6.32. The lowest BCUT2D eigenvalue weighted by atomic mass is 10.1. The lowest BCUT2D eigenvalue weighted by Gasteiger charge is -2.11. The molecule has 0 radical (unpaired) electrons. The molecule has 0 atom stereocenters. The number of carbonyl (C=O) groups excluding carboxylic acids is 1. The maximum absolute atomic E-state index is 12.8. The van der Waals surface area contributed by atoms with Gasteiger partial charge in [-0.15, -0.1) is 11.6 Å². The zero-order chi connectivity index (χ0) is 20.3. The van der Waals surface area contributed by atoms with Gasteiger partial charge in [0.2, 0.25) is 5.91 Å². The molecule has 0 saturated carbocycles. The molecule has 0 aliphatic carbocycles. The quantitative estimate of drug-likeness (QED) is 0.523. The number of fused-ring (bicyclic) bond motifs is 1. The number of carbonyl (C=O) groups is 1. The number of hydrogen-bond donors (Lipinski definition) is 2. The third-order valence-corrected chi connectivity index (χ3v) is 4.60. The molecule has 28 heavy (non-hydrogen) atoms. The minimum Gasteiger partial charge on any atom is -0.487 e. The van der Waals surface area contributed by atoms with Crippen LogP contribution in [0.3, 0.4) is 0 Å². The summed E-state index contributed by atoms with van der Waals surface area (Å²) in [5.41, 5.74) is 1.17. The van der Waals surface area contributed by atoms with Crippen LogP contribution in [-0.2, 0) is 24.1 Å². The number of amides is 1. The van der Waals surface area contributed by atoms with Crippen molar-refractivity contribution in [3.8, 4) is 5.75 Å². The average molecular weight is 431 g/mol. The molecular formula is C19H15Cl2F3N2O2. The highest BCUT2D eigenvalue weighted by atomic mass is 35.5. The number of aromatic nitrogens is 1. The van der Waals surface area contributed by atoms with Gasteiger partial charge in [-0.25, -0.2) is 0 Å². The summed E-state index contributed by atoms with van der Waals surface area (Å²) in [5, 5.41) is 3.76. The largest absolute Gasteiger partial charge is 0.487 e. The van der Waals surface area contributed by atoms with Gasteiger partial charge < -0.3 is 15.0 Å². The Morgan fingerprint density at radius 3 is 2.71 bits per heavy atom. The van der Waals surface area contributed by atoms with Crippen LogP contribution in [0.2, 0.25) is 5.02 Å². The first-order valence-corrected chi connectivity index (χ1v) is 9.10. The normalized spacial score (nSPS) is 11.6. The van der Waals surface area contributed by atoms with E-state index in [9.17, 15) is 18.0 Å². The molecule has 0 aliphatic rings. The van der Waals surface area contributed by atoms with Crippen LogP contribution in [0.25, 0.3) is 10.9 Å². The number of halogens is 5. The lowest BCUT2D eigenvalue weighted by molar-refractivity contribution is -0.137. The Balaban J connectivity index is 1.79. The smallest absolute Gasteiger partial charge is 0.416 e. The van der Waals surface area contributed by atoms with Crippen molar-refractivity contribution in [2.45, 2.75) is 19.3 Å². The molecule has 4 nitrogen and oxygen atoms in total. The predicted molar refractivity (Wildman–Crippen MR) is 102 cm³/mol. The predicted octanol–water partition coefficient (Wildman–Crippen LogP) is 5.27. The van der Waals surface area contributed by atoms with Crippen molar-refractivity contribution in [1.29, 1.82) is 0 Å². The summed E-state index contributed by atoms with van der Waals surface area (Å²) >= 11 is 11.7. The third kappa shape index (κ3) is 4.72. The summed E-state index contributed by atoms with van der Waals surface area (Å²) in [6, 6.07) is 8.26. The van der Waals surface area contributed by atoms with Crippen LogP contribution >= 0.6 is 23.2 Å². The number of rotatable bonds is 6. The van der Waals surface area contributed by atoms with Crippen molar-refractivity contribution in [3.63, 3.8) is 0 Å². The third-order valence-electron chi connectivity index (χ3n) is 4.07. The van der Waals surface area contributed by atoms with Crippen molar-refractivity contribution in [1.82, 2.24) is 10.3 Å². The molecule has 0 saturated heterocycles. The summed E-state index contributed by atoms with van der Waals surface area (Å²) in [7, 11) is 0. The van der Waals surface area contributed by atoms with Gasteiger partial charge in [0.15, 0.2) is 0 Å². The average Bonchev–Trinajstić information content (AvgIpc) is 3.05. The summed E-state index contributed by atoms with van der Waals surface area (Å²) in [4.78, 5) is 14.4. The van der Waals surface area contributed by atoms with E-state index in [0.717, 1.165) is 28.6 Å². The monoisotopic (exact) mass is 430 g/mol. The first kappa shape index (κ1) is 20.4. The second-order valence-corrected chi connectivity index (χ2v) is 6.71. The first-order valence-electron chi connectivity index (χ1n) is 8.19. The molecule has 148 valence electrons. The molecule has 9 heteroatoms. The van der Waals surface area contributed by atoms with E-state index in [1.807, 2.05) is 0 Å². The highest BCUT2D eigenvalue weighted by Crippen LogP contribution is 2.33. The van der Waals surface area contributed by atoms with Gasteiger partial charge in [0, 0.05) is 23.6 Å². The Hall–Kier alpha value is -2.38. The van der Waals surface area contributed by atoms with Crippen molar-refractivity contribution in [3.05, 3.63) is 64.3 Å². The van der Waals surface area contributed by atoms with Crippen LogP contribution in [0, 0.1) is 0 Å². The Morgan fingerprint density at radius 2 is 2.00 bits per heavy atom. The SMILES string of the molecule is O=C(CCl)NCc1c[nH]c2cc(Cl)c(OCc3cccc(C(F)(F)F)c3)cc12.